The quantitative estimate of drug-likeness (QED) is 0.223. The van der Waals surface area contributed by atoms with Crippen LogP contribution in [0.3, 0.4) is 0 Å². The molecular weight excluding hydrogens is 444 g/mol. The van der Waals surface area contributed by atoms with Crippen molar-refractivity contribution in [2.75, 3.05) is 33.8 Å². The van der Waals surface area contributed by atoms with Gasteiger partial charge in [0.25, 0.3) is 11.7 Å². The Hall–Kier alpha value is -3.58. The third-order valence-electron chi connectivity index (χ3n) is 5.61. The van der Waals surface area contributed by atoms with Crippen LogP contribution in [0.15, 0.2) is 66.8 Å². The number of carbonyl (C=O) groups is 2. The number of aliphatic hydroxyl groups is 1. The molecule has 35 heavy (non-hydrogen) atoms. The fourth-order valence-corrected chi connectivity index (χ4v) is 4.04. The second kappa shape index (κ2) is 11.7. The predicted octanol–water partition coefficient (Wildman–Crippen LogP) is 4.41. The van der Waals surface area contributed by atoms with Gasteiger partial charge in [-0.2, -0.15) is 0 Å². The van der Waals surface area contributed by atoms with Gasteiger partial charge in [0.15, 0.2) is 0 Å². The zero-order chi connectivity index (χ0) is 25.5. The Balaban J connectivity index is 2.01. The van der Waals surface area contributed by atoms with E-state index >= 15 is 0 Å². The second-order valence-electron chi connectivity index (χ2n) is 9.01. The molecule has 1 atom stereocenters. The molecule has 1 fully saturated rings. The van der Waals surface area contributed by atoms with Crippen molar-refractivity contribution in [3.8, 4) is 11.5 Å². The van der Waals surface area contributed by atoms with Crippen molar-refractivity contribution >= 4 is 17.4 Å². The molecular formula is C28H34N2O5. The smallest absolute Gasteiger partial charge is 0.295 e. The number of nitrogens with zero attached hydrogens (tertiary/aromatic N) is 2. The maximum Gasteiger partial charge on any atom is 0.295 e. The number of hydrogen-bond donors (Lipinski definition) is 1. The SMILES string of the molecule is C=CCOc1ccc(C(O)=C2C(=O)C(=O)N(CCCN(C)C)[C@@H]2c2ccc(OC(C)C)cc2)cc1. The minimum Gasteiger partial charge on any atom is -0.507 e. The van der Waals surface area contributed by atoms with E-state index in [2.05, 4.69) is 6.58 Å². The lowest BCUT2D eigenvalue weighted by Crippen LogP contribution is -2.32. The van der Waals surface area contributed by atoms with Gasteiger partial charge in [0.1, 0.15) is 23.9 Å². The maximum atomic E-state index is 13.2. The average molecular weight is 479 g/mol. The first kappa shape index (κ1) is 26.0. The number of amides is 1. The summed E-state index contributed by atoms with van der Waals surface area (Å²) >= 11 is 0. The predicted molar refractivity (Wildman–Crippen MR) is 137 cm³/mol. The molecule has 2 aromatic rings. The highest BCUT2D eigenvalue weighted by Gasteiger charge is 2.45. The molecule has 1 aliphatic rings. The van der Waals surface area contributed by atoms with Gasteiger partial charge in [0.05, 0.1) is 17.7 Å². The zero-order valence-electron chi connectivity index (χ0n) is 20.9. The lowest BCUT2D eigenvalue weighted by molar-refractivity contribution is -0.139. The number of likely N-dealkylation sites (tertiary alicyclic amines) is 1. The number of ether oxygens (including phenoxy) is 2. The van der Waals surface area contributed by atoms with Crippen LogP contribution >= 0.6 is 0 Å². The van der Waals surface area contributed by atoms with Gasteiger partial charge in [0.2, 0.25) is 0 Å². The van der Waals surface area contributed by atoms with Crippen LogP contribution in [-0.2, 0) is 9.59 Å². The molecule has 0 unspecified atom stereocenters. The van der Waals surface area contributed by atoms with Crippen molar-refractivity contribution in [3.63, 3.8) is 0 Å². The topological polar surface area (TPSA) is 79.3 Å². The molecule has 0 aromatic heterocycles. The highest BCUT2D eigenvalue weighted by molar-refractivity contribution is 6.46. The molecule has 0 saturated carbocycles. The summed E-state index contributed by atoms with van der Waals surface area (Å²) in [7, 11) is 3.92. The van der Waals surface area contributed by atoms with Crippen LogP contribution in [0.4, 0.5) is 0 Å². The van der Waals surface area contributed by atoms with E-state index < -0.39 is 17.7 Å². The second-order valence-corrected chi connectivity index (χ2v) is 9.01. The van der Waals surface area contributed by atoms with Crippen LogP contribution in [0, 0.1) is 0 Å². The molecule has 2 aromatic carbocycles. The summed E-state index contributed by atoms with van der Waals surface area (Å²) < 4.78 is 11.2. The van der Waals surface area contributed by atoms with Crippen LogP contribution in [-0.4, -0.2) is 66.5 Å². The summed E-state index contributed by atoms with van der Waals surface area (Å²) in [5.41, 5.74) is 1.25. The van der Waals surface area contributed by atoms with Crippen molar-refractivity contribution in [2.24, 2.45) is 0 Å². The summed E-state index contributed by atoms with van der Waals surface area (Å²) in [4.78, 5) is 29.8. The highest BCUT2D eigenvalue weighted by atomic mass is 16.5. The first-order valence-corrected chi connectivity index (χ1v) is 11.8. The number of benzene rings is 2. The lowest BCUT2D eigenvalue weighted by Gasteiger charge is -2.26. The molecule has 1 amide bonds. The minimum atomic E-state index is -0.693. The molecule has 0 spiro atoms. The van der Waals surface area contributed by atoms with Gasteiger partial charge in [-0.15, -0.1) is 0 Å². The first-order chi connectivity index (χ1) is 16.7. The van der Waals surface area contributed by atoms with Crippen LogP contribution in [0.25, 0.3) is 5.76 Å². The van der Waals surface area contributed by atoms with E-state index in [1.807, 2.05) is 57.1 Å². The number of carbonyl (C=O) groups excluding carboxylic acids is 2. The number of aliphatic hydroxyl groups excluding tert-OH is 1. The number of ketones is 1. The number of Topliss-reactive ketones (excluding diaryl/α,β-unsaturated/α-hetero) is 1. The van der Waals surface area contributed by atoms with Crippen molar-refractivity contribution in [3.05, 3.63) is 77.9 Å². The Morgan fingerprint density at radius 1 is 1.09 bits per heavy atom. The third kappa shape index (κ3) is 6.31. The summed E-state index contributed by atoms with van der Waals surface area (Å²) in [5, 5.41) is 11.2. The van der Waals surface area contributed by atoms with E-state index in [0.29, 0.717) is 36.6 Å². The Bertz CT molecular complexity index is 1070. The molecule has 1 N–H and O–H groups in total. The van der Waals surface area contributed by atoms with Gasteiger partial charge < -0.3 is 24.4 Å². The molecule has 0 aliphatic carbocycles. The molecule has 0 radical (unpaired) electrons. The first-order valence-electron chi connectivity index (χ1n) is 11.8. The normalized spacial score (nSPS) is 17.3. The fourth-order valence-electron chi connectivity index (χ4n) is 4.04. The summed E-state index contributed by atoms with van der Waals surface area (Å²) in [6, 6.07) is 13.4. The van der Waals surface area contributed by atoms with Gasteiger partial charge in [-0.3, -0.25) is 9.59 Å². The largest absolute Gasteiger partial charge is 0.507 e. The molecule has 186 valence electrons. The van der Waals surface area contributed by atoms with Crippen molar-refractivity contribution in [1.82, 2.24) is 9.80 Å². The van der Waals surface area contributed by atoms with Crippen LogP contribution in [0.2, 0.25) is 0 Å². The monoisotopic (exact) mass is 478 g/mol. The van der Waals surface area contributed by atoms with Crippen LogP contribution in [0.1, 0.15) is 37.4 Å². The van der Waals surface area contributed by atoms with E-state index in [9.17, 15) is 14.7 Å². The molecule has 7 heteroatoms. The Morgan fingerprint density at radius 3 is 2.29 bits per heavy atom. The van der Waals surface area contributed by atoms with Gasteiger partial charge >= 0.3 is 0 Å². The van der Waals surface area contributed by atoms with E-state index in [4.69, 9.17) is 9.47 Å². The van der Waals surface area contributed by atoms with E-state index in [1.165, 1.54) is 0 Å². The van der Waals surface area contributed by atoms with Crippen LogP contribution < -0.4 is 9.47 Å². The summed E-state index contributed by atoms with van der Waals surface area (Å²) in [6.07, 6.45) is 2.36. The molecule has 3 rings (SSSR count). The van der Waals surface area contributed by atoms with Gasteiger partial charge in [-0.1, -0.05) is 24.8 Å². The number of rotatable bonds is 11. The minimum absolute atomic E-state index is 0.0240. The Kier molecular flexibility index (Phi) is 8.71. The highest BCUT2D eigenvalue weighted by Crippen LogP contribution is 2.40. The molecule has 1 aliphatic heterocycles. The molecule has 0 bridgehead atoms. The van der Waals surface area contributed by atoms with Crippen molar-refractivity contribution in [2.45, 2.75) is 32.4 Å². The van der Waals surface area contributed by atoms with Gasteiger partial charge in [-0.05, 0) is 82.9 Å². The van der Waals surface area contributed by atoms with E-state index in [0.717, 1.165) is 12.1 Å². The van der Waals surface area contributed by atoms with Gasteiger partial charge in [0, 0.05) is 12.1 Å². The van der Waals surface area contributed by atoms with E-state index in [1.54, 1.807) is 35.2 Å². The Labute approximate surface area is 207 Å². The standard InChI is InChI=1S/C28H34N2O5/c1-6-18-34-22-12-10-21(11-13-22)26(31)24-25(20-8-14-23(15-9-20)35-19(2)3)30(28(33)27(24)32)17-7-16-29(4)5/h6,8-15,19,25,31H,1,7,16-18H2,2-5H3/t25-/m1/s1. The number of hydrogen-bond acceptors (Lipinski definition) is 6. The Morgan fingerprint density at radius 2 is 1.71 bits per heavy atom. The lowest BCUT2D eigenvalue weighted by atomic mass is 9.95. The van der Waals surface area contributed by atoms with Crippen molar-refractivity contribution < 1.29 is 24.2 Å². The zero-order valence-corrected chi connectivity index (χ0v) is 20.9. The summed E-state index contributed by atoms with van der Waals surface area (Å²) in [6.45, 7) is 9.04. The third-order valence-corrected chi connectivity index (χ3v) is 5.61. The van der Waals surface area contributed by atoms with Crippen molar-refractivity contribution in [1.29, 1.82) is 0 Å². The van der Waals surface area contributed by atoms with E-state index in [-0.39, 0.29) is 17.4 Å². The maximum absolute atomic E-state index is 13.2. The van der Waals surface area contributed by atoms with Gasteiger partial charge in [-0.25, -0.2) is 0 Å². The fraction of sp³-hybridized carbons (Fsp3) is 0.357. The summed E-state index contributed by atoms with van der Waals surface area (Å²) in [5.74, 6) is -0.192. The van der Waals surface area contributed by atoms with Crippen LogP contribution in [0.5, 0.6) is 11.5 Å². The molecule has 7 nitrogen and oxygen atoms in total. The molecule has 1 saturated heterocycles. The molecule has 1 heterocycles. The average Bonchev–Trinajstić information content (AvgIpc) is 3.07.